The summed E-state index contributed by atoms with van der Waals surface area (Å²) in [6, 6.07) is 6.10. The van der Waals surface area contributed by atoms with Gasteiger partial charge in [-0.3, -0.25) is 19.7 Å². The first-order valence-electron chi connectivity index (χ1n) is 7.37. The van der Waals surface area contributed by atoms with Crippen LogP contribution in [0.4, 0.5) is 5.69 Å². The number of nitrogens with zero attached hydrogens (tertiary/aromatic N) is 1. The van der Waals surface area contributed by atoms with Gasteiger partial charge in [-0.15, -0.1) is 11.8 Å². The molecular formula is C15H18N2O5S. The number of carbonyl (C=O) groups excluding carboxylic acids is 2. The minimum absolute atomic E-state index is 0.000473. The maximum absolute atomic E-state index is 11.6. The number of non-ortho nitro benzene ring substituents is 1. The second kappa shape index (κ2) is 8.52. The molecule has 1 aliphatic rings. The Morgan fingerprint density at radius 3 is 2.52 bits per heavy atom. The summed E-state index contributed by atoms with van der Waals surface area (Å²) < 4.78 is 4.92. The van der Waals surface area contributed by atoms with Crippen LogP contribution < -0.4 is 5.32 Å². The molecular weight excluding hydrogens is 320 g/mol. The van der Waals surface area contributed by atoms with Gasteiger partial charge in [0.2, 0.25) is 0 Å². The molecule has 0 atom stereocenters. The Morgan fingerprint density at radius 2 is 1.91 bits per heavy atom. The molecule has 0 unspecified atom stereocenters. The van der Waals surface area contributed by atoms with Gasteiger partial charge in [0.25, 0.3) is 11.6 Å². The molecule has 0 heterocycles. The number of rotatable bonds is 7. The molecule has 0 aromatic heterocycles. The number of hydrogen-bond acceptors (Lipinski definition) is 6. The standard InChI is InChI=1S/C15H18N2O5S/c18-14(16-11-3-1-2-4-11)9-22-15(19)10-23-13-7-5-12(6-8-13)17(20)21/h5-8,11H,1-4,9-10H2,(H,16,18). The normalized spacial score (nSPS) is 14.4. The van der Waals surface area contributed by atoms with Crippen LogP contribution in [0.5, 0.6) is 0 Å². The predicted molar refractivity (Wildman–Crippen MR) is 85.2 cm³/mol. The fraction of sp³-hybridized carbons (Fsp3) is 0.467. The van der Waals surface area contributed by atoms with E-state index in [4.69, 9.17) is 4.74 Å². The highest BCUT2D eigenvalue weighted by Crippen LogP contribution is 2.21. The first-order chi connectivity index (χ1) is 11.0. The van der Waals surface area contributed by atoms with Gasteiger partial charge in [0.1, 0.15) is 0 Å². The maximum atomic E-state index is 11.6. The molecule has 23 heavy (non-hydrogen) atoms. The van der Waals surface area contributed by atoms with Gasteiger partial charge in [0, 0.05) is 23.1 Å². The average Bonchev–Trinajstić information content (AvgIpc) is 3.04. The maximum Gasteiger partial charge on any atom is 0.316 e. The molecule has 1 saturated carbocycles. The summed E-state index contributed by atoms with van der Waals surface area (Å²) in [5, 5.41) is 13.4. The Kier molecular flexibility index (Phi) is 6.40. The number of esters is 1. The average molecular weight is 338 g/mol. The molecule has 0 saturated heterocycles. The number of benzene rings is 1. The van der Waals surface area contributed by atoms with Crippen molar-refractivity contribution in [2.45, 2.75) is 36.6 Å². The molecule has 1 aromatic carbocycles. The first-order valence-corrected chi connectivity index (χ1v) is 8.35. The van der Waals surface area contributed by atoms with Crippen LogP contribution in [0.25, 0.3) is 0 Å². The molecule has 124 valence electrons. The molecule has 0 spiro atoms. The third kappa shape index (κ3) is 5.90. The van der Waals surface area contributed by atoms with Gasteiger partial charge in [-0.1, -0.05) is 12.8 Å². The minimum Gasteiger partial charge on any atom is -0.455 e. The van der Waals surface area contributed by atoms with E-state index in [1.807, 2.05) is 0 Å². The molecule has 0 bridgehead atoms. The van der Waals surface area contributed by atoms with Crippen molar-refractivity contribution in [3.8, 4) is 0 Å². The number of nitrogens with one attached hydrogen (secondary N) is 1. The van der Waals surface area contributed by atoms with Crippen LogP contribution in [0.1, 0.15) is 25.7 Å². The van der Waals surface area contributed by atoms with Gasteiger partial charge in [0.15, 0.2) is 6.61 Å². The summed E-state index contributed by atoms with van der Waals surface area (Å²) in [5.41, 5.74) is 0.000473. The smallest absolute Gasteiger partial charge is 0.316 e. The number of nitro groups is 1. The third-order valence-corrected chi connectivity index (χ3v) is 4.47. The number of hydrogen-bond donors (Lipinski definition) is 1. The van der Waals surface area contributed by atoms with Gasteiger partial charge in [-0.05, 0) is 25.0 Å². The summed E-state index contributed by atoms with van der Waals surface area (Å²) in [7, 11) is 0. The lowest BCUT2D eigenvalue weighted by atomic mass is 10.2. The van der Waals surface area contributed by atoms with E-state index in [2.05, 4.69) is 5.32 Å². The highest BCUT2D eigenvalue weighted by molar-refractivity contribution is 8.00. The van der Waals surface area contributed by atoms with Crippen LogP contribution >= 0.6 is 11.8 Å². The van der Waals surface area contributed by atoms with Crippen LogP contribution in [0.2, 0.25) is 0 Å². The highest BCUT2D eigenvalue weighted by atomic mass is 32.2. The van der Waals surface area contributed by atoms with Crippen molar-refractivity contribution in [2.75, 3.05) is 12.4 Å². The van der Waals surface area contributed by atoms with E-state index in [0.717, 1.165) is 30.6 Å². The second-order valence-corrected chi connectivity index (χ2v) is 6.30. The van der Waals surface area contributed by atoms with Crippen LogP contribution in [0.15, 0.2) is 29.2 Å². The van der Waals surface area contributed by atoms with Crippen LogP contribution in [0, 0.1) is 10.1 Å². The van der Waals surface area contributed by atoms with E-state index in [1.165, 1.54) is 23.9 Å². The Balaban J connectivity index is 1.66. The van der Waals surface area contributed by atoms with Crippen molar-refractivity contribution in [1.29, 1.82) is 0 Å². The van der Waals surface area contributed by atoms with Gasteiger partial charge >= 0.3 is 5.97 Å². The summed E-state index contributed by atoms with van der Waals surface area (Å²) in [4.78, 5) is 34.0. The number of carbonyl (C=O) groups is 2. The van der Waals surface area contributed by atoms with Gasteiger partial charge in [-0.2, -0.15) is 0 Å². The molecule has 1 aliphatic carbocycles. The Labute approximate surface area is 137 Å². The monoisotopic (exact) mass is 338 g/mol. The van der Waals surface area contributed by atoms with E-state index in [-0.39, 0.29) is 30.0 Å². The molecule has 7 nitrogen and oxygen atoms in total. The van der Waals surface area contributed by atoms with E-state index < -0.39 is 10.9 Å². The van der Waals surface area contributed by atoms with Crippen molar-refractivity contribution < 1.29 is 19.2 Å². The lowest BCUT2D eigenvalue weighted by Gasteiger charge is -2.11. The van der Waals surface area contributed by atoms with Crippen LogP contribution in [0.3, 0.4) is 0 Å². The van der Waals surface area contributed by atoms with E-state index in [9.17, 15) is 19.7 Å². The van der Waals surface area contributed by atoms with E-state index in [1.54, 1.807) is 12.1 Å². The lowest BCUT2D eigenvalue weighted by Crippen LogP contribution is -2.36. The van der Waals surface area contributed by atoms with Crippen molar-refractivity contribution in [1.82, 2.24) is 5.32 Å². The molecule has 1 fully saturated rings. The van der Waals surface area contributed by atoms with Crippen molar-refractivity contribution in [2.24, 2.45) is 0 Å². The molecule has 8 heteroatoms. The number of amides is 1. The summed E-state index contributed by atoms with van der Waals surface area (Å²) in [5.74, 6) is -0.713. The Hall–Kier alpha value is -2.09. The van der Waals surface area contributed by atoms with E-state index in [0.29, 0.717) is 0 Å². The zero-order valence-corrected chi connectivity index (χ0v) is 13.3. The van der Waals surface area contributed by atoms with Crippen molar-refractivity contribution in [3.05, 3.63) is 34.4 Å². The summed E-state index contributed by atoms with van der Waals surface area (Å²) in [6.07, 6.45) is 4.21. The van der Waals surface area contributed by atoms with Crippen molar-refractivity contribution >= 4 is 29.3 Å². The molecule has 1 aromatic rings. The molecule has 1 N–H and O–H groups in total. The van der Waals surface area contributed by atoms with E-state index >= 15 is 0 Å². The fourth-order valence-electron chi connectivity index (χ4n) is 2.33. The van der Waals surface area contributed by atoms with Crippen molar-refractivity contribution in [3.63, 3.8) is 0 Å². The second-order valence-electron chi connectivity index (χ2n) is 5.25. The number of thioether (sulfide) groups is 1. The summed E-state index contributed by atoms with van der Waals surface area (Å²) in [6.45, 7) is -0.268. The first kappa shape index (κ1) is 17.3. The van der Waals surface area contributed by atoms with Crippen LogP contribution in [-0.4, -0.2) is 35.2 Å². The topological polar surface area (TPSA) is 98.5 Å². The third-order valence-electron chi connectivity index (χ3n) is 3.49. The van der Waals surface area contributed by atoms with Gasteiger partial charge in [-0.25, -0.2) is 0 Å². The largest absolute Gasteiger partial charge is 0.455 e. The number of ether oxygens (including phenoxy) is 1. The minimum atomic E-state index is -0.491. The molecule has 0 radical (unpaired) electrons. The SMILES string of the molecule is O=C(COC(=O)CSc1ccc([N+](=O)[O-])cc1)NC1CCCC1. The fourth-order valence-corrected chi connectivity index (χ4v) is 3.03. The molecule has 1 amide bonds. The molecule has 2 rings (SSSR count). The Morgan fingerprint density at radius 1 is 1.26 bits per heavy atom. The highest BCUT2D eigenvalue weighted by Gasteiger charge is 2.17. The Bertz CT molecular complexity index is 570. The number of nitro benzene ring substituents is 1. The lowest BCUT2D eigenvalue weighted by molar-refractivity contribution is -0.384. The predicted octanol–water partition coefficient (Wildman–Crippen LogP) is 2.29. The van der Waals surface area contributed by atoms with Gasteiger partial charge in [0.05, 0.1) is 10.7 Å². The summed E-state index contributed by atoms with van der Waals surface area (Å²) >= 11 is 1.20. The van der Waals surface area contributed by atoms with Gasteiger partial charge < -0.3 is 10.1 Å². The van der Waals surface area contributed by atoms with Crippen LogP contribution in [-0.2, 0) is 14.3 Å². The zero-order chi connectivity index (χ0) is 16.7. The molecule has 0 aliphatic heterocycles. The quantitative estimate of drug-likeness (QED) is 0.354. The zero-order valence-electron chi connectivity index (χ0n) is 12.5.